The molecule has 3 nitrogen and oxygen atoms in total. The molecule has 0 radical (unpaired) electrons. The van der Waals surface area contributed by atoms with Crippen LogP contribution in [0.4, 0.5) is 0 Å². The van der Waals surface area contributed by atoms with Gasteiger partial charge in [0.25, 0.3) is 0 Å². The molecule has 1 unspecified atom stereocenters. The molecule has 1 aromatic rings. The summed E-state index contributed by atoms with van der Waals surface area (Å²) in [5.74, 6) is 0.967. The number of aromatic hydroxyl groups is 1. The lowest BCUT2D eigenvalue weighted by Crippen LogP contribution is -2.42. The van der Waals surface area contributed by atoms with Crippen LogP contribution in [-0.2, 0) is 4.79 Å². The summed E-state index contributed by atoms with van der Waals surface area (Å²) in [6, 6.07) is 6.39. The van der Waals surface area contributed by atoms with Crippen molar-refractivity contribution in [1.29, 1.82) is 0 Å². The topological polar surface area (TPSA) is 46.5 Å². The highest BCUT2D eigenvalue weighted by molar-refractivity contribution is 5.79. The van der Waals surface area contributed by atoms with Gasteiger partial charge in [0.1, 0.15) is 11.5 Å². The Morgan fingerprint density at radius 3 is 2.43 bits per heavy atom. The fourth-order valence-electron chi connectivity index (χ4n) is 3.51. The predicted molar refractivity (Wildman–Crippen MR) is 83.3 cm³/mol. The van der Waals surface area contributed by atoms with E-state index in [0.717, 1.165) is 38.5 Å². The first-order chi connectivity index (χ1) is 10.1. The Kier molecular flexibility index (Phi) is 5.27. The van der Waals surface area contributed by atoms with Crippen LogP contribution >= 0.6 is 0 Å². The Bertz CT molecular complexity index is 458. The van der Waals surface area contributed by atoms with E-state index in [-0.39, 0.29) is 17.1 Å². The minimum absolute atomic E-state index is 0.0890. The molecule has 0 saturated heterocycles. The second-order valence-electron chi connectivity index (χ2n) is 6.29. The predicted octanol–water partition coefficient (Wildman–Crippen LogP) is 4.68. The van der Waals surface area contributed by atoms with Crippen molar-refractivity contribution >= 4 is 5.97 Å². The summed E-state index contributed by atoms with van der Waals surface area (Å²) in [4.78, 5) is 12.8. The second-order valence-corrected chi connectivity index (χ2v) is 6.29. The Balaban J connectivity index is 2.15. The molecule has 3 heteroatoms. The van der Waals surface area contributed by atoms with Crippen LogP contribution in [0.1, 0.15) is 58.8 Å². The summed E-state index contributed by atoms with van der Waals surface area (Å²) in [6.45, 7) is 4.35. The van der Waals surface area contributed by atoms with E-state index in [0.29, 0.717) is 11.7 Å². The van der Waals surface area contributed by atoms with Gasteiger partial charge in [0, 0.05) is 0 Å². The van der Waals surface area contributed by atoms with Gasteiger partial charge in [-0.3, -0.25) is 4.79 Å². The fourth-order valence-corrected chi connectivity index (χ4v) is 3.51. The fraction of sp³-hybridized carbons (Fsp3) is 0.611. The van der Waals surface area contributed by atoms with Crippen molar-refractivity contribution in [3.05, 3.63) is 24.3 Å². The van der Waals surface area contributed by atoms with Gasteiger partial charge in [-0.2, -0.15) is 0 Å². The van der Waals surface area contributed by atoms with Crippen LogP contribution in [0.5, 0.6) is 11.5 Å². The Morgan fingerprint density at radius 1 is 1.24 bits per heavy atom. The zero-order valence-corrected chi connectivity index (χ0v) is 13.1. The quantitative estimate of drug-likeness (QED) is 0.632. The number of ether oxygens (including phenoxy) is 1. The largest absolute Gasteiger partial charge is 0.508 e. The molecule has 0 aromatic heterocycles. The number of benzene rings is 1. The molecule has 0 aliphatic heterocycles. The summed E-state index contributed by atoms with van der Waals surface area (Å²) < 4.78 is 5.63. The van der Waals surface area contributed by atoms with Gasteiger partial charge in [0.15, 0.2) is 0 Å². The van der Waals surface area contributed by atoms with E-state index in [9.17, 15) is 9.90 Å². The molecule has 0 heterocycles. The maximum atomic E-state index is 12.8. The Hall–Kier alpha value is -1.51. The van der Waals surface area contributed by atoms with Crippen LogP contribution in [-0.4, -0.2) is 11.1 Å². The second kappa shape index (κ2) is 6.97. The van der Waals surface area contributed by atoms with E-state index in [1.165, 1.54) is 6.42 Å². The van der Waals surface area contributed by atoms with E-state index < -0.39 is 0 Å². The third kappa shape index (κ3) is 3.58. The molecule has 1 fully saturated rings. The summed E-state index contributed by atoms with van der Waals surface area (Å²) in [6.07, 6.45) is 7.46. The number of carbonyl (C=O) groups is 1. The molecule has 116 valence electrons. The molecule has 1 N–H and O–H groups in total. The normalized spacial score (nSPS) is 19.0. The number of phenols is 1. The van der Waals surface area contributed by atoms with Crippen molar-refractivity contribution in [3.8, 4) is 11.5 Å². The molecule has 2 rings (SSSR count). The lowest BCUT2D eigenvalue weighted by atomic mass is 9.65. The van der Waals surface area contributed by atoms with Gasteiger partial charge in [0.05, 0.1) is 5.41 Å². The van der Waals surface area contributed by atoms with Crippen LogP contribution in [0, 0.1) is 11.3 Å². The Labute approximate surface area is 127 Å². The van der Waals surface area contributed by atoms with Crippen molar-refractivity contribution in [1.82, 2.24) is 0 Å². The first-order valence-corrected chi connectivity index (χ1v) is 8.10. The number of hydrogen-bond donors (Lipinski definition) is 1. The summed E-state index contributed by atoms with van der Waals surface area (Å²) in [7, 11) is 0. The lowest BCUT2D eigenvalue weighted by Gasteiger charge is -2.39. The van der Waals surface area contributed by atoms with Crippen molar-refractivity contribution < 1.29 is 14.6 Å². The molecular weight excluding hydrogens is 264 g/mol. The maximum absolute atomic E-state index is 12.8. The molecule has 21 heavy (non-hydrogen) atoms. The number of phenolic OH excluding ortho intramolecular Hbond substituents is 1. The first kappa shape index (κ1) is 15.9. The van der Waals surface area contributed by atoms with Crippen LogP contribution in [0.3, 0.4) is 0 Å². The molecule has 1 saturated carbocycles. The first-order valence-electron chi connectivity index (χ1n) is 8.10. The third-order valence-corrected chi connectivity index (χ3v) is 4.86. The van der Waals surface area contributed by atoms with Gasteiger partial charge in [-0.05, 0) is 49.4 Å². The molecule has 1 atom stereocenters. The van der Waals surface area contributed by atoms with Gasteiger partial charge < -0.3 is 9.84 Å². The zero-order valence-electron chi connectivity index (χ0n) is 13.1. The van der Waals surface area contributed by atoms with E-state index in [1.54, 1.807) is 24.3 Å². The molecular formula is C18H26O3. The molecule has 0 bridgehead atoms. The van der Waals surface area contributed by atoms with E-state index >= 15 is 0 Å². The van der Waals surface area contributed by atoms with Gasteiger partial charge in [0.2, 0.25) is 0 Å². The smallest absolute Gasteiger partial charge is 0.317 e. The van der Waals surface area contributed by atoms with E-state index in [1.807, 2.05) is 0 Å². The minimum atomic E-state index is -0.327. The van der Waals surface area contributed by atoms with E-state index in [2.05, 4.69) is 13.8 Å². The Morgan fingerprint density at radius 2 is 1.86 bits per heavy atom. The van der Waals surface area contributed by atoms with Crippen molar-refractivity contribution in [3.63, 3.8) is 0 Å². The average Bonchev–Trinajstić information content (AvgIpc) is 2.50. The average molecular weight is 290 g/mol. The van der Waals surface area contributed by atoms with Crippen LogP contribution in [0.2, 0.25) is 0 Å². The number of carbonyl (C=O) groups excluding carboxylic acids is 1. The SMILES string of the molecule is CCCC(C)C1(C(=O)Oc2ccc(O)cc2)CCCCC1. The van der Waals surface area contributed by atoms with Crippen molar-refractivity contribution in [2.24, 2.45) is 11.3 Å². The summed E-state index contributed by atoms with van der Waals surface area (Å²) >= 11 is 0. The van der Waals surface area contributed by atoms with Crippen molar-refractivity contribution in [2.45, 2.75) is 58.8 Å². The van der Waals surface area contributed by atoms with Gasteiger partial charge >= 0.3 is 5.97 Å². The van der Waals surface area contributed by atoms with Gasteiger partial charge in [-0.15, -0.1) is 0 Å². The molecule has 1 aliphatic carbocycles. The lowest BCUT2D eigenvalue weighted by molar-refractivity contribution is -0.152. The maximum Gasteiger partial charge on any atom is 0.317 e. The monoisotopic (exact) mass is 290 g/mol. The highest BCUT2D eigenvalue weighted by atomic mass is 16.5. The van der Waals surface area contributed by atoms with Crippen LogP contribution in [0.25, 0.3) is 0 Å². The zero-order chi connectivity index (χ0) is 15.3. The molecule has 1 aliphatic rings. The molecule has 1 aromatic carbocycles. The van der Waals surface area contributed by atoms with Crippen molar-refractivity contribution in [2.75, 3.05) is 0 Å². The highest BCUT2D eigenvalue weighted by Crippen LogP contribution is 2.45. The summed E-state index contributed by atoms with van der Waals surface area (Å²) in [5, 5.41) is 9.31. The summed E-state index contributed by atoms with van der Waals surface area (Å²) in [5.41, 5.74) is -0.327. The number of rotatable bonds is 5. The van der Waals surface area contributed by atoms with Crippen LogP contribution in [0.15, 0.2) is 24.3 Å². The standard InChI is InChI=1S/C18H26O3/c1-3-7-14(2)18(12-5-4-6-13-18)17(20)21-16-10-8-15(19)9-11-16/h8-11,14,19H,3-7,12-13H2,1-2H3. The van der Waals surface area contributed by atoms with Crippen LogP contribution < -0.4 is 4.74 Å². The molecule has 0 amide bonds. The van der Waals surface area contributed by atoms with E-state index in [4.69, 9.17) is 4.74 Å². The molecule has 0 spiro atoms. The van der Waals surface area contributed by atoms with Gasteiger partial charge in [-0.1, -0.05) is 39.5 Å². The minimum Gasteiger partial charge on any atom is -0.508 e. The van der Waals surface area contributed by atoms with Gasteiger partial charge in [-0.25, -0.2) is 0 Å². The highest BCUT2D eigenvalue weighted by Gasteiger charge is 2.45. The third-order valence-electron chi connectivity index (χ3n) is 4.86. The number of hydrogen-bond acceptors (Lipinski definition) is 3. The number of esters is 1.